The maximum Gasteiger partial charge on any atom is 0.333 e. The molecule has 0 bridgehead atoms. The van der Waals surface area contributed by atoms with Crippen molar-refractivity contribution in [3.05, 3.63) is 93.3 Å². The summed E-state index contributed by atoms with van der Waals surface area (Å²) in [5, 5.41) is 13.4. The maximum absolute atomic E-state index is 13.7. The molecule has 0 spiro atoms. The van der Waals surface area contributed by atoms with Crippen molar-refractivity contribution in [2.45, 2.75) is 77.2 Å². The van der Waals surface area contributed by atoms with Crippen LogP contribution in [0, 0.1) is 6.92 Å². The monoisotopic (exact) mass is 704 g/mol. The predicted molar refractivity (Wildman–Crippen MR) is 186 cm³/mol. The van der Waals surface area contributed by atoms with Crippen LogP contribution in [0.15, 0.2) is 76.4 Å². The zero-order chi connectivity index (χ0) is 35.1. The standard InChI is InChI=1S/C34H49N2O10PSi/c1-8-43-47(40,44-9-2)23-27(37)28-29(30(42-21-20-41-7)32(45-28)36-22-24(3)31(38)35-33(36)39)46-48(34(4,5)6,25-16-12-10-13-17-25)26-18-14-11-15-19-26/h10-19,22,27-30,32,37H,8-9,20-21,23H2,1-7H3,(H,35,38,39)/t27-,28-,29-,30-,32-/m1/s1. The van der Waals surface area contributed by atoms with Crippen LogP contribution in [0.25, 0.3) is 0 Å². The van der Waals surface area contributed by atoms with Gasteiger partial charge in [0.05, 0.1) is 38.7 Å². The first-order chi connectivity index (χ1) is 22.8. The summed E-state index contributed by atoms with van der Waals surface area (Å²) in [7, 11) is -5.54. The SMILES string of the molecule is CCOP(=O)(C[C@@H](O)[C@H]1O[C@@H](n2cc(C)c(=O)[nH]c2=O)[C@H](OCCOC)[C@@H]1O[Si](c1ccccc1)(c1ccccc1)C(C)(C)C)OCC. The van der Waals surface area contributed by atoms with E-state index in [-0.39, 0.29) is 32.0 Å². The minimum absolute atomic E-state index is 0.106. The number of hydrogen-bond acceptors (Lipinski definition) is 10. The Balaban J connectivity index is 1.96. The summed E-state index contributed by atoms with van der Waals surface area (Å²) in [6.45, 7) is 11.9. The molecule has 1 fully saturated rings. The van der Waals surface area contributed by atoms with Crippen LogP contribution in [-0.4, -0.2) is 87.1 Å². The number of ether oxygens (including phenoxy) is 3. The average molecular weight is 705 g/mol. The molecule has 3 aromatic rings. The molecule has 0 radical (unpaired) electrons. The molecule has 1 aliphatic rings. The fraction of sp³-hybridized carbons (Fsp3) is 0.529. The Morgan fingerprint density at radius 2 is 1.52 bits per heavy atom. The lowest BCUT2D eigenvalue weighted by molar-refractivity contribution is -0.0903. The van der Waals surface area contributed by atoms with E-state index in [0.717, 1.165) is 10.4 Å². The maximum atomic E-state index is 13.7. The largest absolute Gasteiger partial charge is 0.399 e. The van der Waals surface area contributed by atoms with Gasteiger partial charge in [0.2, 0.25) is 0 Å². The highest BCUT2D eigenvalue weighted by atomic mass is 31.2. The fourth-order valence-electron chi connectivity index (χ4n) is 6.32. The second kappa shape index (κ2) is 16.3. The smallest absolute Gasteiger partial charge is 0.333 e. The number of aliphatic hydroxyl groups is 1. The second-order valence-corrected chi connectivity index (χ2v) is 19.1. The molecule has 12 nitrogen and oxygen atoms in total. The van der Waals surface area contributed by atoms with Gasteiger partial charge in [-0.05, 0) is 36.2 Å². The Hall–Kier alpha value is -2.71. The third-order valence-corrected chi connectivity index (χ3v) is 15.6. The molecule has 0 unspecified atom stereocenters. The second-order valence-electron chi connectivity index (χ2n) is 12.7. The molecule has 2 aromatic carbocycles. The van der Waals surface area contributed by atoms with Crippen LogP contribution < -0.4 is 21.6 Å². The third kappa shape index (κ3) is 8.18. The van der Waals surface area contributed by atoms with E-state index in [1.54, 1.807) is 27.9 Å². The van der Waals surface area contributed by atoms with E-state index in [2.05, 4.69) is 25.8 Å². The van der Waals surface area contributed by atoms with Gasteiger partial charge < -0.3 is 32.8 Å². The number of aliphatic hydroxyl groups excluding tert-OH is 1. The van der Waals surface area contributed by atoms with Gasteiger partial charge in [-0.3, -0.25) is 18.9 Å². The highest BCUT2D eigenvalue weighted by Gasteiger charge is 2.58. The summed E-state index contributed by atoms with van der Waals surface area (Å²) in [6, 6.07) is 19.9. The number of hydrogen-bond donors (Lipinski definition) is 2. The molecular weight excluding hydrogens is 655 g/mol. The Bertz CT molecular complexity index is 1580. The zero-order valence-electron chi connectivity index (χ0n) is 28.8. The number of nitrogens with zero attached hydrogens (tertiary/aromatic N) is 1. The Labute approximate surface area is 283 Å². The molecule has 2 N–H and O–H groups in total. The topological polar surface area (TPSA) is 148 Å². The lowest BCUT2D eigenvalue weighted by Crippen LogP contribution is -2.69. The summed E-state index contributed by atoms with van der Waals surface area (Å²) in [6.07, 6.45) is -4.73. The van der Waals surface area contributed by atoms with Gasteiger partial charge in [0.15, 0.2) is 6.23 Å². The van der Waals surface area contributed by atoms with Gasteiger partial charge in [0, 0.05) is 18.9 Å². The first-order valence-electron chi connectivity index (χ1n) is 16.2. The van der Waals surface area contributed by atoms with Gasteiger partial charge in [-0.1, -0.05) is 81.4 Å². The fourth-order valence-corrected chi connectivity index (χ4v) is 12.7. The summed E-state index contributed by atoms with van der Waals surface area (Å²) in [5.41, 5.74) is -0.971. The molecule has 0 saturated carbocycles. The summed E-state index contributed by atoms with van der Waals surface area (Å²) < 4.78 is 51.9. The Kier molecular flexibility index (Phi) is 13.0. The highest BCUT2D eigenvalue weighted by Crippen LogP contribution is 2.50. The van der Waals surface area contributed by atoms with Crippen molar-refractivity contribution >= 4 is 26.3 Å². The Morgan fingerprint density at radius 1 is 0.958 bits per heavy atom. The number of aryl methyl sites for hydroxylation is 1. The van der Waals surface area contributed by atoms with Crippen molar-refractivity contribution < 1.29 is 37.4 Å². The van der Waals surface area contributed by atoms with E-state index >= 15 is 0 Å². The summed E-state index contributed by atoms with van der Waals surface area (Å²) >= 11 is 0. The van der Waals surface area contributed by atoms with Crippen LogP contribution in [0.2, 0.25) is 5.04 Å². The minimum atomic E-state index is -3.77. The van der Waals surface area contributed by atoms with E-state index in [4.69, 9.17) is 27.7 Å². The average Bonchev–Trinajstić information content (AvgIpc) is 3.39. The van der Waals surface area contributed by atoms with E-state index in [9.17, 15) is 19.3 Å². The molecule has 1 aromatic heterocycles. The quantitative estimate of drug-likeness (QED) is 0.129. The molecule has 48 heavy (non-hydrogen) atoms. The molecule has 14 heteroatoms. The lowest BCUT2D eigenvalue weighted by atomic mass is 10.1. The van der Waals surface area contributed by atoms with Gasteiger partial charge in [-0.2, -0.15) is 0 Å². The number of methoxy groups -OCH3 is 1. The predicted octanol–water partition coefficient (Wildman–Crippen LogP) is 3.35. The van der Waals surface area contributed by atoms with Crippen molar-refractivity contribution in [3.8, 4) is 0 Å². The molecule has 5 atom stereocenters. The minimum Gasteiger partial charge on any atom is -0.399 e. The van der Waals surface area contributed by atoms with Gasteiger partial charge in [0.25, 0.3) is 13.9 Å². The normalized spacial score (nSPS) is 21.0. The number of H-pyrrole nitrogens is 1. The van der Waals surface area contributed by atoms with Crippen molar-refractivity contribution in [2.24, 2.45) is 0 Å². The number of benzene rings is 2. The summed E-state index contributed by atoms with van der Waals surface area (Å²) in [4.78, 5) is 28.0. The van der Waals surface area contributed by atoms with Crippen LogP contribution in [0.5, 0.6) is 0 Å². The van der Waals surface area contributed by atoms with Crippen LogP contribution in [0.3, 0.4) is 0 Å². The van der Waals surface area contributed by atoms with Crippen LogP contribution >= 0.6 is 7.60 Å². The van der Waals surface area contributed by atoms with Crippen LogP contribution in [0.1, 0.15) is 46.4 Å². The first kappa shape index (κ1) is 38.1. The van der Waals surface area contributed by atoms with E-state index in [1.165, 1.54) is 10.8 Å². The number of aromatic nitrogens is 2. The van der Waals surface area contributed by atoms with Crippen molar-refractivity contribution in [3.63, 3.8) is 0 Å². The van der Waals surface area contributed by atoms with Crippen LogP contribution in [-0.2, 0) is 32.2 Å². The van der Waals surface area contributed by atoms with Crippen molar-refractivity contribution in [2.75, 3.05) is 39.7 Å². The molecule has 4 rings (SSSR count). The highest BCUT2D eigenvalue weighted by molar-refractivity contribution is 7.53. The molecule has 264 valence electrons. The van der Waals surface area contributed by atoms with Crippen LogP contribution in [0.4, 0.5) is 0 Å². The Morgan fingerprint density at radius 3 is 2.02 bits per heavy atom. The first-order valence-corrected chi connectivity index (χ1v) is 19.9. The van der Waals surface area contributed by atoms with E-state index in [0.29, 0.717) is 0 Å². The van der Waals surface area contributed by atoms with Gasteiger partial charge in [-0.15, -0.1) is 0 Å². The van der Waals surface area contributed by atoms with Gasteiger partial charge in [-0.25, -0.2) is 4.79 Å². The zero-order valence-corrected chi connectivity index (χ0v) is 30.7. The molecular formula is C34H49N2O10PSi. The van der Waals surface area contributed by atoms with Crippen molar-refractivity contribution in [1.29, 1.82) is 0 Å². The number of rotatable bonds is 16. The summed E-state index contributed by atoms with van der Waals surface area (Å²) in [5.74, 6) is 0. The number of nitrogens with one attached hydrogen (secondary N) is 1. The third-order valence-electron chi connectivity index (χ3n) is 8.41. The molecule has 0 aliphatic carbocycles. The molecule has 1 aliphatic heterocycles. The van der Waals surface area contributed by atoms with Crippen molar-refractivity contribution in [1.82, 2.24) is 9.55 Å². The van der Waals surface area contributed by atoms with E-state index < -0.39 is 69.0 Å². The molecule has 1 saturated heterocycles. The van der Waals surface area contributed by atoms with Gasteiger partial charge in [0.1, 0.15) is 18.3 Å². The molecule has 0 amide bonds. The van der Waals surface area contributed by atoms with Gasteiger partial charge >= 0.3 is 13.3 Å². The molecule has 2 heterocycles. The van der Waals surface area contributed by atoms with E-state index in [1.807, 2.05) is 60.7 Å². The lowest BCUT2D eigenvalue weighted by Gasteiger charge is -2.46. The number of aromatic amines is 1.